The third-order valence-electron chi connectivity index (χ3n) is 3.57. The average molecular weight is 350 g/mol. The molecule has 2 aromatic carbocycles. The van der Waals surface area contributed by atoms with Gasteiger partial charge in [0.25, 0.3) is 0 Å². The molecule has 0 amide bonds. The minimum Gasteiger partial charge on any atom is -0.496 e. The lowest BCUT2D eigenvalue weighted by Crippen LogP contribution is -2.19. The molecule has 0 saturated carbocycles. The van der Waals surface area contributed by atoms with Crippen molar-refractivity contribution in [1.29, 1.82) is 0 Å². The Hall–Kier alpha value is -2.61. The van der Waals surface area contributed by atoms with E-state index >= 15 is 0 Å². The lowest BCUT2D eigenvalue weighted by atomic mass is 10.1. The highest BCUT2D eigenvalue weighted by atomic mass is 32.2. The molecule has 0 atom stereocenters. The monoisotopic (exact) mass is 350 g/mol. The van der Waals surface area contributed by atoms with Gasteiger partial charge in [-0.05, 0) is 18.2 Å². The summed E-state index contributed by atoms with van der Waals surface area (Å²) in [6, 6.07) is 11.6. The Bertz CT molecular complexity index is 865. The van der Waals surface area contributed by atoms with E-state index in [-0.39, 0.29) is 10.6 Å². The molecule has 0 aliphatic carbocycles. The number of sulfone groups is 1. The van der Waals surface area contributed by atoms with Gasteiger partial charge in [0.2, 0.25) is 0 Å². The van der Waals surface area contributed by atoms with Crippen LogP contribution < -0.4 is 9.64 Å². The summed E-state index contributed by atoms with van der Waals surface area (Å²) in [4.78, 5) is 12.1. The number of para-hydroxylation sites is 2. The Labute approximate surface area is 140 Å². The van der Waals surface area contributed by atoms with E-state index in [1.54, 1.807) is 25.1 Å². The second kappa shape index (κ2) is 6.88. The first kappa shape index (κ1) is 17.7. The van der Waals surface area contributed by atoms with Gasteiger partial charge in [-0.15, -0.1) is 0 Å². The molecule has 0 N–H and O–H groups in total. The van der Waals surface area contributed by atoms with Crippen LogP contribution in [0, 0.1) is 10.1 Å². The van der Waals surface area contributed by atoms with Crippen molar-refractivity contribution in [3.63, 3.8) is 0 Å². The van der Waals surface area contributed by atoms with Crippen LogP contribution in [0.5, 0.6) is 5.75 Å². The van der Waals surface area contributed by atoms with Crippen LogP contribution in [0.3, 0.4) is 0 Å². The second-order valence-electron chi connectivity index (χ2n) is 5.32. The summed E-state index contributed by atoms with van der Waals surface area (Å²) < 4.78 is 29.0. The number of rotatable bonds is 6. The van der Waals surface area contributed by atoms with Gasteiger partial charge in [-0.1, -0.05) is 24.3 Å². The van der Waals surface area contributed by atoms with Crippen molar-refractivity contribution < 1.29 is 18.1 Å². The number of hydrogen-bond acceptors (Lipinski definition) is 6. The number of anilines is 1. The molecule has 0 unspecified atom stereocenters. The molecule has 0 bridgehead atoms. The zero-order chi connectivity index (χ0) is 17.9. The van der Waals surface area contributed by atoms with Crippen molar-refractivity contribution in [2.45, 2.75) is 11.4 Å². The van der Waals surface area contributed by atoms with E-state index in [9.17, 15) is 18.5 Å². The summed E-state index contributed by atoms with van der Waals surface area (Å²) in [6.07, 6.45) is 0.958. The zero-order valence-electron chi connectivity index (χ0n) is 13.6. The van der Waals surface area contributed by atoms with E-state index in [1.807, 2.05) is 18.2 Å². The predicted octanol–water partition coefficient (Wildman–Crippen LogP) is 2.64. The van der Waals surface area contributed by atoms with Crippen LogP contribution in [0.2, 0.25) is 0 Å². The number of ether oxygens (including phenoxy) is 1. The van der Waals surface area contributed by atoms with Gasteiger partial charge in [0.1, 0.15) is 16.3 Å². The molecule has 8 heteroatoms. The van der Waals surface area contributed by atoms with Crippen LogP contribution in [-0.2, 0) is 16.4 Å². The van der Waals surface area contributed by atoms with E-state index < -0.39 is 20.4 Å². The maximum Gasteiger partial charge on any atom is 0.311 e. The van der Waals surface area contributed by atoms with Gasteiger partial charge in [0.15, 0.2) is 9.84 Å². The van der Waals surface area contributed by atoms with Gasteiger partial charge in [0, 0.05) is 25.4 Å². The fraction of sp³-hybridized carbons (Fsp3) is 0.250. The van der Waals surface area contributed by atoms with E-state index in [0.717, 1.165) is 11.8 Å². The molecule has 0 aromatic heterocycles. The van der Waals surface area contributed by atoms with Crippen molar-refractivity contribution in [3.8, 4) is 5.75 Å². The highest BCUT2D eigenvalue weighted by Gasteiger charge is 2.28. The van der Waals surface area contributed by atoms with Crippen LogP contribution in [0.1, 0.15) is 5.56 Å². The molecule has 0 heterocycles. The molecule has 0 aliphatic heterocycles. The Morgan fingerprint density at radius 3 is 2.42 bits per heavy atom. The molecule has 2 rings (SSSR count). The molecule has 0 aliphatic rings. The summed E-state index contributed by atoms with van der Waals surface area (Å²) >= 11 is 0. The van der Waals surface area contributed by atoms with E-state index in [4.69, 9.17) is 4.74 Å². The minimum atomic E-state index is -3.71. The van der Waals surface area contributed by atoms with Gasteiger partial charge in [-0.3, -0.25) is 10.1 Å². The Morgan fingerprint density at radius 2 is 1.83 bits per heavy atom. The molecule has 0 radical (unpaired) electrons. The summed E-state index contributed by atoms with van der Waals surface area (Å²) in [5, 5.41) is 11.5. The van der Waals surface area contributed by atoms with Gasteiger partial charge < -0.3 is 9.64 Å². The predicted molar refractivity (Wildman–Crippen MR) is 91.3 cm³/mol. The number of hydrogen-bond donors (Lipinski definition) is 0. The maximum absolute atomic E-state index is 11.8. The number of methoxy groups -OCH3 is 1. The SMILES string of the molecule is COc1ccccc1CN(C)c1cccc(S(C)(=O)=O)c1[N+](=O)[O-]. The lowest BCUT2D eigenvalue weighted by Gasteiger charge is -2.21. The van der Waals surface area contributed by atoms with Crippen LogP contribution in [0.4, 0.5) is 11.4 Å². The Kier molecular flexibility index (Phi) is 5.08. The van der Waals surface area contributed by atoms with Gasteiger partial charge in [0.05, 0.1) is 12.0 Å². The van der Waals surface area contributed by atoms with E-state index in [1.165, 1.54) is 18.2 Å². The Balaban J connectivity index is 2.50. The molecule has 0 spiro atoms. The van der Waals surface area contributed by atoms with Gasteiger partial charge in [-0.2, -0.15) is 0 Å². The molecular formula is C16H18N2O5S. The average Bonchev–Trinajstić information content (AvgIpc) is 2.53. The molecular weight excluding hydrogens is 332 g/mol. The minimum absolute atomic E-state index is 0.230. The fourth-order valence-corrected chi connectivity index (χ4v) is 3.33. The van der Waals surface area contributed by atoms with Crippen molar-refractivity contribution in [2.75, 3.05) is 25.3 Å². The molecule has 0 saturated heterocycles. The molecule has 7 nitrogen and oxygen atoms in total. The fourth-order valence-electron chi connectivity index (χ4n) is 2.48. The van der Waals surface area contributed by atoms with Crippen molar-refractivity contribution >= 4 is 21.2 Å². The lowest BCUT2D eigenvalue weighted by molar-refractivity contribution is -0.387. The molecule has 2 aromatic rings. The quantitative estimate of drug-likeness (QED) is 0.588. The van der Waals surface area contributed by atoms with E-state index in [0.29, 0.717) is 12.3 Å². The second-order valence-corrected chi connectivity index (χ2v) is 7.31. The molecule has 128 valence electrons. The van der Waals surface area contributed by atoms with Crippen LogP contribution in [0.15, 0.2) is 47.4 Å². The maximum atomic E-state index is 11.8. The first-order chi connectivity index (χ1) is 11.3. The number of benzene rings is 2. The number of nitrogens with zero attached hydrogens (tertiary/aromatic N) is 2. The van der Waals surface area contributed by atoms with Crippen LogP contribution in [0.25, 0.3) is 0 Å². The highest BCUT2D eigenvalue weighted by Crippen LogP contribution is 2.35. The standard InChI is InChI=1S/C16H18N2O5S/c1-17(11-12-7-4-5-9-14(12)23-2)13-8-6-10-15(24(3,21)22)16(13)18(19)20/h4-10H,11H2,1-3H3. The van der Waals surface area contributed by atoms with Crippen LogP contribution in [-0.4, -0.2) is 33.8 Å². The zero-order valence-corrected chi connectivity index (χ0v) is 14.4. The summed E-state index contributed by atoms with van der Waals surface area (Å²) in [5.41, 5.74) is 0.646. The molecule has 0 fully saturated rings. The summed E-state index contributed by atoms with van der Waals surface area (Å²) in [5.74, 6) is 0.659. The smallest absolute Gasteiger partial charge is 0.311 e. The first-order valence-electron chi connectivity index (χ1n) is 7.06. The van der Waals surface area contributed by atoms with Crippen molar-refractivity contribution in [1.82, 2.24) is 0 Å². The largest absolute Gasteiger partial charge is 0.496 e. The van der Waals surface area contributed by atoms with E-state index in [2.05, 4.69) is 0 Å². The van der Waals surface area contributed by atoms with Crippen molar-refractivity contribution in [2.24, 2.45) is 0 Å². The summed E-state index contributed by atoms with van der Waals surface area (Å²) in [7, 11) is -0.499. The first-order valence-corrected chi connectivity index (χ1v) is 8.95. The summed E-state index contributed by atoms with van der Waals surface area (Å²) in [6.45, 7) is 0.331. The topological polar surface area (TPSA) is 89.8 Å². The normalized spacial score (nSPS) is 11.1. The van der Waals surface area contributed by atoms with Crippen LogP contribution >= 0.6 is 0 Å². The Morgan fingerprint density at radius 1 is 1.17 bits per heavy atom. The van der Waals surface area contributed by atoms with Gasteiger partial charge in [-0.25, -0.2) is 8.42 Å². The third-order valence-corrected chi connectivity index (χ3v) is 4.70. The third kappa shape index (κ3) is 3.65. The molecule has 24 heavy (non-hydrogen) atoms. The van der Waals surface area contributed by atoms with Crippen molar-refractivity contribution in [3.05, 3.63) is 58.1 Å². The highest BCUT2D eigenvalue weighted by molar-refractivity contribution is 7.90. The number of nitro groups is 1. The number of nitro benzene ring substituents is 1. The van der Waals surface area contributed by atoms with Gasteiger partial charge >= 0.3 is 5.69 Å².